The molecule has 0 heterocycles. The molecule has 0 spiro atoms. The van der Waals surface area contributed by atoms with Crippen LogP contribution in [-0.2, 0) is 4.43 Å². The molecule has 0 N–H and O–H groups in total. The molecule has 1 aromatic carbocycles. The quantitative estimate of drug-likeness (QED) is 0.695. The van der Waals surface area contributed by atoms with Crippen molar-refractivity contribution in [2.45, 2.75) is 58.4 Å². The molecule has 1 nitrogen and oxygen atoms in total. The average molecular weight is 274 g/mol. The van der Waals surface area contributed by atoms with Crippen LogP contribution in [0.25, 0.3) is 5.57 Å². The molecule has 0 amide bonds. The van der Waals surface area contributed by atoms with E-state index in [4.69, 9.17) is 4.43 Å². The van der Waals surface area contributed by atoms with Gasteiger partial charge in [0.05, 0.1) is 5.60 Å². The first-order valence-electron chi connectivity index (χ1n) is 7.21. The third-order valence-electron chi connectivity index (χ3n) is 4.07. The molecule has 1 aliphatic carbocycles. The Morgan fingerprint density at radius 2 is 1.79 bits per heavy atom. The van der Waals surface area contributed by atoms with Gasteiger partial charge in [-0.15, -0.1) is 0 Å². The van der Waals surface area contributed by atoms with E-state index in [-0.39, 0.29) is 5.60 Å². The smallest absolute Gasteiger partial charge is 0.184 e. The Bertz CT molecular complexity index is 492. The van der Waals surface area contributed by atoms with Gasteiger partial charge in [0.1, 0.15) is 0 Å². The van der Waals surface area contributed by atoms with Gasteiger partial charge in [-0.05, 0) is 75.0 Å². The Balaban J connectivity index is 2.28. The lowest BCUT2D eigenvalue weighted by atomic mass is 9.73. The van der Waals surface area contributed by atoms with E-state index in [1.54, 1.807) is 0 Å². The van der Waals surface area contributed by atoms with Crippen LogP contribution in [0.4, 0.5) is 0 Å². The van der Waals surface area contributed by atoms with Gasteiger partial charge in [0.25, 0.3) is 0 Å². The van der Waals surface area contributed by atoms with Crippen molar-refractivity contribution in [3.05, 3.63) is 41.5 Å². The Labute approximate surface area is 118 Å². The van der Waals surface area contributed by atoms with Crippen LogP contribution in [0.2, 0.25) is 19.6 Å². The maximum atomic E-state index is 6.49. The zero-order chi connectivity index (χ0) is 14.3. The Morgan fingerprint density at radius 3 is 2.21 bits per heavy atom. The zero-order valence-electron chi connectivity index (χ0n) is 13.0. The molecule has 2 rings (SSSR count). The van der Waals surface area contributed by atoms with Gasteiger partial charge in [-0.3, -0.25) is 0 Å². The fraction of sp³-hybridized carbons (Fsp3) is 0.529. The molecule has 1 aliphatic rings. The number of benzene rings is 1. The van der Waals surface area contributed by atoms with E-state index in [9.17, 15) is 0 Å². The minimum Gasteiger partial charge on any atom is -0.408 e. The number of aryl methyl sites for hydroxylation is 2. The lowest BCUT2D eigenvalue weighted by Crippen LogP contribution is -2.48. The van der Waals surface area contributed by atoms with Gasteiger partial charge in [-0.25, -0.2) is 0 Å². The lowest BCUT2D eigenvalue weighted by Gasteiger charge is -2.47. The maximum Gasteiger partial charge on any atom is 0.184 e. The summed E-state index contributed by atoms with van der Waals surface area (Å²) in [6.07, 6.45) is 3.51. The van der Waals surface area contributed by atoms with Crippen LogP contribution in [0.15, 0.2) is 24.8 Å². The van der Waals surface area contributed by atoms with Gasteiger partial charge in [-0.2, -0.15) is 0 Å². The fourth-order valence-corrected chi connectivity index (χ4v) is 4.24. The van der Waals surface area contributed by atoms with E-state index < -0.39 is 8.32 Å². The molecule has 0 saturated heterocycles. The summed E-state index contributed by atoms with van der Waals surface area (Å²) in [5.41, 5.74) is 5.03. The van der Waals surface area contributed by atoms with Crippen molar-refractivity contribution in [1.29, 1.82) is 0 Å². The van der Waals surface area contributed by atoms with Crippen molar-refractivity contribution in [2.24, 2.45) is 0 Å². The highest BCUT2D eigenvalue weighted by molar-refractivity contribution is 6.69. The summed E-state index contributed by atoms with van der Waals surface area (Å²) in [6, 6.07) is 6.64. The highest BCUT2D eigenvalue weighted by Gasteiger charge is 2.44. The van der Waals surface area contributed by atoms with Crippen LogP contribution in [-0.4, -0.2) is 13.9 Å². The topological polar surface area (TPSA) is 9.23 Å². The van der Waals surface area contributed by atoms with Crippen molar-refractivity contribution < 1.29 is 4.43 Å². The fourth-order valence-electron chi connectivity index (χ4n) is 2.74. The molecule has 0 unspecified atom stereocenters. The number of hydrogen-bond acceptors (Lipinski definition) is 1. The third-order valence-corrected chi connectivity index (χ3v) is 5.07. The van der Waals surface area contributed by atoms with E-state index in [0.29, 0.717) is 0 Å². The second kappa shape index (κ2) is 4.91. The van der Waals surface area contributed by atoms with Crippen molar-refractivity contribution in [1.82, 2.24) is 0 Å². The molecule has 0 aromatic heterocycles. The maximum absolute atomic E-state index is 6.49. The molecule has 1 aromatic rings. The van der Waals surface area contributed by atoms with Crippen molar-refractivity contribution in [2.75, 3.05) is 0 Å². The minimum atomic E-state index is -1.54. The summed E-state index contributed by atoms with van der Waals surface area (Å²) >= 11 is 0. The van der Waals surface area contributed by atoms with E-state index in [1.165, 1.54) is 28.7 Å². The Kier molecular flexibility index (Phi) is 3.76. The van der Waals surface area contributed by atoms with Crippen molar-refractivity contribution in [3.63, 3.8) is 0 Å². The van der Waals surface area contributed by atoms with Gasteiger partial charge in [0.15, 0.2) is 8.32 Å². The third kappa shape index (κ3) is 3.01. The zero-order valence-corrected chi connectivity index (χ0v) is 14.0. The molecule has 0 aliphatic heterocycles. The first kappa shape index (κ1) is 14.5. The van der Waals surface area contributed by atoms with Crippen LogP contribution in [0.5, 0.6) is 0 Å². The standard InChI is InChI=1S/C17H26OSi/c1-13-8-9-16(12-14(13)2)15(3)17(10-7-11-17)18-19(4,5)6/h8-9,12H,3,7,10-11H2,1-2,4-6H3. The van der Waals surface area contributed by atoms with Crippen LogP contribution >= 0.6 is 0 Å². The van der Waals surface area contributed by atoms with Crippen LogP contribution < -0.4 is 0 Å². The summed E-state index contributed by atoms with van der Waals surface area (Å²) in [4.78, 5) is 0. The monoisotopic (exact) mass is 274 g/mol. The number of hydrogen-bond donors (Lipinski definition) is 0. The summed E-state index contributed by atoms with van der Waals surface area (Å²) < 4.78 is 6.49. The molecular weight excluding hydrogens is 248 g/mol. The van der Waals surface area contributed by atoms with E-state index >= 15 is 0 Å². The second-order valence-electron chi connectivity index (χ2n) is 6.84. The van der Waals surface area contributed by atoms with Crippen LogP contribution in [0, 0.1) is 13.8 Å². The predicted molar refractivity (Wildman–Crippen MR) is 86.0 cm³/mol. The van der Waals surface area contributed by atoms with Gasteiger partial charge in [0.2, 0.25) is 0 Å². The van der Waals surface area contributed by atoms with Crippen LogP contribution in [0.1, 0.15) is 36.0 Å². The summed E-state index contributed by atoms with van der Waals surface area (Å²) in [5, 5.41) is 0. The average Bonchev–Trinajstić information content (AvgIpc) is 2.25. The Morgan fingerprint density at radius 1 is 1.16 bits per heavy atom. The lowest BCUT2D eigenvalue weighted by molar-refractivity contribution is 0.0432. The van der Waals surface area contributed by atoms with Crippen molar-refractivity contribution >= 4 is 13.9 Å². The normalized spacial score (nSPS) is 17.9. The molecule has 0 atom stereocenters. The minimum absolute atomic E-state index is 0.0772. The molecule has 19 heavy (non-hydrogen) atoms. The summed E-state index contributed by atoms with van der Waals surface area (Å²) in [5.74, 6) is 0. The molecule has 1 saturated carbocycles. The van der Waals surface area contributed by atoms with Gasteiger partial charge in [-0.1, -0.05) is 24.8 Å². The molecule has 2 heteroatoms. The SMILES string of the molecule is C=C(c1ccc(C)c(C)c1)C1(O[Si](C)(C)C)CCC1. The highest BCUT2D eigenvalue weighted by atomic mass is 28.4. The van der Waals surface area contributed by atoms with E-state index in [1.807, 2.05) is 0 Å². The highest BCUT2D eigenvalue weighted by Crippen LogP contribution is 2.47. The molecular formula is C17H26OSi. The van der Waals surface area contributed by atoms with E-state index in [2.05, 4.69) is 58.3 Å². The molecule has 1 fully saturated rings. The van der Waals surface area contributed by atoms with E-state index in [0.717, 1.165) is 12.8 Å². The molecule has 104 valence electrons. The summed E-state index contributed by atoms with van der Waals surface area (Å²) in [7, 11) is -1.54. The summed E-state index contributed by atoms with van der Waals surface area (Å²) in [6.45, 7) is 15.5. The molecule has 0 bridgehead atoms. The number of rotatable bonds is 4. The second-order valence-corrected chi connectivity index (χ2v) is 11.3. The predicted octanol–water partition coefficient (Wildman–Crippen LogP) is 5.09. The Hall–Kier alpha value is -0.863. The van der Waals surface area contributed by atoms with Crippen molar-refractivity contribution in [3.8, 4) is 0 Å². The van der Waals surface area contributed by atoms with Gasteiger partial charge in [0, 0.05) is 0 Å². The first-order valence-corrected chi connectivity index (χ1v) is 10.6. The van der Waals surface area contributed by atoms with Crippen LogP contribution in [0.3, 0.4) is 0 Å². The first-order chi connectivity index (χ1) is 8.73. The van der Waals surface area contributed by atoms with Gasteiger partial charge < -0.3 is 4.43 Å². The largest absolute Gasteiger partial charge is 0.408 e. The molecule has 0 radical (unpaired) electrons. The van der Waals surface area contributed by atoms with Gasteiger partial charge >= 0.3 is 0 Å².